The Hall–Kier alpha value is -2.17. The number of fused-ring (bicyclic) bond motifs is 1. The fourth-order valence-corrected chi connectivity index (χ4v) is 4.34. The van der Waals surface area contributed by atoms with Crippen molar-refractivity contribution in [1.29, 1.82) is 0 Å². The monoisotopic (exact) mass is 381 g/mol. The molecule has 1 unspecified atom stereocenters. The molecule has 2 aliphatic rings. The molecule has 27 heavy (non-hydrogen) atoms. The zero-order valence-electron chi connectivity index (χ0n) is 15.2. The SMILES string of the molecule is O=C(/C=C/c1cccnc1)NCCC1[C@H]2CN(Cc3ccc(Cl)cc3)C[C@@H]12. The number of nitrogens with zero attached hydrogens (tertiary/aromatic N) is 2. The van der Waals surface area contributed by atoms with Crippen molar-refractivity contribution in [2.75, 3.05) is 19.6 Å². The van der Waals surface area contributed by atoms with Gasteiger partial charge >= 0.3 is 0 Å². The number of pyridine rings is 1. The molecule has 1 saturated carbocycles. The molecule has 1 aromatic heterocycles. The first-order valence-electron chi connectivity index (χ1n) is 9.52. The highest BCUT2D eigenvalue weighted by atomic mass is 35.5. The molecule has 1 aromatic carbocycles. The summed E-state index contributed by atoms with van der Waals surface area (Å²) in [5, 5.41) is 3.79. The Morgan fingerprint density at radius 2 is 2.00 bits per heavy atom. The molecule has 2 heterocycles. The Bertz CT molecular complexity index is 794. The van der Waals surface area contributed by atoms with E-state index in [2.05, 4.69) is 27.3 Å². The summed E-state index contributed by atoms with van der Waals surface area (Å²) >= 11 is 5.95. The second-order valence-corrected chi connectivity index (χ2v) is 7.95. The lowest BCUT2D eigenvalue weighted by Gasteiger charge is -2.19. The van der Waals surface area contributed by atoms with Gasteiger partial charge in [0.1, 0.15) is 0 Å². The van der Waals surface area contributed by atoms with Crippen LogP contribution in [0, 0.1) is 17.8 Å². The smallest absolute Gasteiger partial charge is 0.244 e. The van der Waals surface area contributed by atoms with Gasteiger partial charge in [0.05, 0.1) is 0 Å². The molecule has 4 rings (SSSR count). The Kier molecular flexibility index (Phi) is 5.55. The summed E-state index contributed by atoms with van der Waals surface area (Å²) in [5.41, 5.74) is 2.26. The zero-order chi connectivity index (χ0) is 18.6. The van der Waals surface area contributed by atoms with Crippen molar-refractivity contribution in [2.45, 2.75) is 13.0 Å². The number of hydrogen-bond acceptors (Lipinski definition) is 3. The highest BCUT2D eigenvalue weighted by Crippen LogP contribution is 2.53. The van der Waals surface area contributed by atoms with Crippen LogP contribution >= 0.6 is 11.6 Å². The van der Waals surface area contributed by atoms with E-state index >= 15 is 0 Å². The molecule has 0 spiro atoms. The van der Waals surface area contributed by atoms with Crippen molar-refractivity contribution in [1.82, 2.24) is 15.2 Å². The summed E-state index contributed by atoms with van der Waals surface area (Å²) in [4.78, 5) is 18.5. The number of rotatable bonds is 7. The first-order chi connectivity index (χ1) is 13.2. The molecular weight excluding hydrogens is 358 g/mol. The van der Waals surface area contributed by atoms with Crippen LogP contribution in [0.4, 0.5) is 0 Å². The average molecular weight is 382 g/mol. The third-order valence-corrected chi connectivity index (χ3v) is 5.91. The van der Waals surface area contributed by atoms with E-state index in [1.807, 2.05) is 24.3 Å². The number of nitrogens with one attached hydrogen (secondary N) is 1. The fraction of sp³-hybridized carbons (Fsp3) is 0.364. The molecule has 2 aromatic rings. The summed E-state index contributed by atoms with van der Waals surface area (Å²) in [6.07, 6.45) is 7.92. The van der Waals surface area contributed by atoms with E-state index < -0.39 is 0 Å². The van der Waals surface area contributed by atoms with Gasteiger partial charge in [0.15, 0.2) is 0 Å². The number of benzene rings is 1. The minimum Gasteiger partial charge on any atom is -0.353 e. The van der Waals surface area contributed by atoms with Gasteiger partial charge in [-0.1, -0.05) is 29.8 Å². The largest absolute Gasteiger partial charge is 0.353 e. The highest BCUT2D eigenvalue weighted by molar-refractivity contribution is 6.30. The third-order valence-electron chi connectivity index (χ3n) is 5.65. The molecule has 4 nitrogen and oxygen atoms in total. The second kappa shape index (κ2) is 8.24. The molecule has 140 valence electrons. The lowest BCUT2D eigenvalue weighted by Crippen LogP contribution is -2.26. The maximum absolute atomic E-state index is 11.9. The van der Waals surface area contributed by atoms with Gasteiger partial charge in [0.25, 0.3) is 0 Å². The molecule has 0 bridgehead atoms. The predicted molar refractivity (Wildman–Crippen MR) is 108 cm³/mol. The number of aromatic nitrogens is 1. The van der Waals surface area contributed by atoms with E-state index in [1.54, 1.807) is 24.5 Å². The van der Waals surface area contributed by atoms with Gasteiger partial charge in [-0.15, -0.1) is 0 Å². The van der Waals surface area contributed by atoms with Gasteiger partial charge in [0.2, 0.25) is 5.91 Å². The molecule has 1 aliphatic heterocycles. The molecular formula is C22H24ClN3O. The minimum absolute atomic E-state index is 0.0333. The summed E-state index contributed by atoms with van der Waals surface area (Å²) in [7, 11) is 0. The first-order valence-corrected chi connectivity index (χ1v) is 9.89. The van der Waals surface area contributed by atoms with Gasteiger partial charge in [0, 0.05) is 49.7 Å². The van der Waals surface area contributed by atoms with Crippen LogP contribution in [0.5, 0.6) is 0 Å². The van der Waals surface area contributed by atoms with Crippen molar-refractivity contribution < 1.29 is 4.79 Å². The number of piperidine rings is 1. The topological polar surface area (TPSA) is 45.2 Å². The van der Waals surface area contributed by atoms with Crippen LogP contribution in [0.1, 0.15) is 17.5 Å². The van der Waals surface area contributed by atoms with Crippen molar-refractivity contribution in [2.24, 2.45) is 17.8 Å². The van der Waals surface area contributed by atoms with Crippen molar-refractivity contribution in [3.63, 3.8) is 0 Å². The van der Waals surface area contributed by atoms with Gasteiger partial charge in [-0.2, -0.15) is 0 Å². The lowest BCUT2D eigenvalue weighted by molar-refractivity contribution is -0.116. The van der Waals surface area contributed by atoms with E-state index in [4.69, 9.17) is 11.6 Å². The van der Waals surface area contributed by atoms with Gasteiger partial charge in [-0.3, -0.25) is 14.7 Å². The Balaban J connectivity index is 1.14. The van der Waals surface area contributed by atoms with E-state index in [0.717, 1.165) is 47.9 Å². The van der Waals surface area contributed by atoms with Crippen LogP contribution in [0.2, 0.25) is 5.02 Å². The van der Waals surface area contributed by atoms with E-state index in [1.165, 1.54) is 18.7 Å². The number of carbonyl (C=O) groups is 1. The quantitative estimate of drug-likeness (QED) is 0.745. The zero-order valence-corrected chi connectivity index (χ0v) is 16.0. The van der Waals surface area contributed by atoms with Crippen LogP contribution in [0.15, 0.2) is 54.9 Å². The van der Waals surface area contributed by atoms with Crippen LogP contribution in [-0.2, 0) is 11.3 Å². The van der Waals surface area contributed by atoms with Crippen LogP contribution in [0.3, 0.4) is 0 Å². The third kappa shape index (κ3) is 4.76. The van der Waals surface area contributed by atoms with Gasteiger partial charge < -0.3 is 5.32 Å². The van der Waals surface area contributed by atoms with Crippen molar-refractivity contribution >= 4 is 23.6 Å². The number of carbonyl (C=O) groups excluding carboxylic acids is 1. The Morgan fingerprint density at radius 3 is 2.70 bits per heavy atom. The second-order valence-electron chi connectivity index (χ2n) is 7.51. The molecule has 1 N–H and O–H groups in total. The molecule has 3 atom stereocenters. The average Bonchev–Trinajstić information content (AvgIpc) is 3.13. The standard InChI is InChI=1S/C22H24ClN3O/c23-18-6-3-17(4-7-18)13-26-14-20-19(21(20)15-26)9-11-25-22(27)8-5-16-2-1-10-24-12-16/h1-8,10,12,19-21H,9,11,13-15H2,(H,25,27)/b8-5+/t19?,20-,21+. The van der Waals surface area contributed by atoms with E-state index in [-0.39, 0.29) is 5.91 Å². The molecule has 0 radical (unpaired) electrons. The summed E-state index contributed by atoms with van der Waals surface area (Å²) in [6, 6.07) is 11.9. The van der Waals surface area contributed by atoms with Crippen LogP contribution in [0.25, 0.3) is 6.08 Å². The number of hydrogen-bond donors (Lipinski definition) is 1. The molecule has 1 saturated heterocycles. The summed E-state index contributed by atoms with van der Waals surface area (Å²) in [6.45, 7) is 4.11. The van der Waals surface area contributed by atoms with E-state index in [0.29, 0.717) is 0 Å². The Morgan fingerprint density at radius 1 is 1.22 bits per heavy atom. The normalized spacial score (nSPS) is 24.1. The van der Waals surface area contributed by atoms with Gasteiger partial charge in [-0.05, 0) is 59.6 Å². The van der Waals surface area contributed by atoms with Crippen LogP contribution < -0.4 is 5.32 Å². The van der Waals surface area contributed by atoms with E-state index in [9.17, 15) is 4.79 Å². The molecule has 5 heteroatoms. The number of halogens is 1. The first kappa shape index (κ1) is 18.2. The fourth-order valence-electron chi connectivity index (χ4n) is 4.21. The lowest BCUT2D eigenvalue weighted by atomic mass is 10.1. The van der Waals surface area contributed by atoms with Crippen molar-refractivity contribution in [3.05, 3.63) is 71.0 Å². The Labute approximate surface area is 165 Å². The highest BCUT2D eigenvalue weighted by Gasteiger charge is 2.54. The molecule has 1 amide bonds. The molecule has 2 fully saturated rings. The number of amides is 1. The van der Waals surface area contributed by atoms with Crippen LogP contribution in [-0.4, -0.2) is 35.4 Å². The van der Waals surface area contributed by atoms with Gasteiger partial charge in [-0.25, -0.2) is 0 Å². The molecule has 1 aliphatic carbocycles. The van der Waals surface area contributed by atoms with Crippen molar-refractivity contribution in [3.8, 4) is 0 Å². The maximum atomic E-state index is 11.9. The minimum atomic E-state index is -0.0333. The summed E-state index contributed by atoms with van der Waals surface area (Å²) < 4.78 is 0. The number of likely N-dealkylation sites (tertiary alicyclic amines) is 1. The summed E-state index contributed by atoms with van der Waals surface area (Å²) in [5.74, 6) is 2.35. The predicted octanol–water partition coefficient (Wildman–Crippen LogP) is 3.63. The maximum Gasteiger partial charge on any atom is 0.244 e.